The SMILES string of the molecule is CN(Cc1ccncc1)C[C@@]1(c2ccccc2)CC1(C)C. The van der Waals surface area contributed by atoms with E-state index in [-0.39, 0.29) is 0 Å². The van der Waals surface area contributed by atoms with Crippen LogP contribution in [-0.4, -0.2) is 23.5 Å². The fourth-order valence-corrected chi connectivity index (χ4v) is 3.64. The molecule has 0 N–H and O–H groups in total. The zero-order chi connectivity index (χ0) is 14.9. The molecule has 0 aliphatic heterocycles. The van der Waals surface area contributed by atoms with Gasteiger partial charge in [-0.3, -0.25) is 4.98 Å². The van der Waals surface area contributed by atoms with E-state index in [1.165, 1.54) is 17.5 Å². The monoisotopic (exact) mass is 280 g/mol. The molecule has 1 heterocycles. The van der Waals surface area contributed by atoms with Crippen molar-refractivity contribution in [2.75, 3.05) is 13.6 Å². The molecule has 1 saturated carbocycles. The molecule has 2 aromatic rings. The van der Waals surface area contributed by atoms with Gasteiger partial charge in [0, 0.05) is 30.9 Å². The Morgan fingerprint density at radius 2 is 1.67 bits per heavy atom. The van der Waals surface area contributed by atoms with Crippen molar-refractivity contribution in [1.29, 1.82) is 0 Å². The van der Waals surface area contributed by atoms with E-state index >= 15 is 0 Å². The molecule has 2 heteroatoms. The Bertz CT molecular complexity index is 591. The lowest BCUT2D eigenvalue weighted by Gasteiger charge is -2.27. The van der Waals surface area contributed by atoms with Crippen LogP contribution in [0.25, 0.3) is 0 Å². The molecule has 2 nitrogen and oxygen atoms in total. The Hall–Kier alpha value is -1.67. The van der Waals surface area contributed by atoms with Crippen LogP contribution < -0.4 is 0 Å². The van der Waals surface area contributed by atoms with Gasteiger partial charge in [0.05, 0.1) is 0 Å². The van der Waals surface area contributed by atoms with Gasteiger partial charge in [0.15, 0.2) is 0 Å². The van der Waals surface area contributed by atoms with Crippen LogP contribution in [0.1, 0.15) is 31.4 Å². The zero-order valence-corrected chi connectivity index (χ0v) is 13.2. The Morgan fingerprint density at radius 1 is 1.05 bits per heavy atom. The van der Waals surface area contributed by atoms with Crippen molar-refractivity contribution >= 4 is 0 Å². The van der Waals surface area contributed by atoms with Gasteiger partial charge in [0.2, 0.25) is 0 Å². The number of rotatable bonds is 5. The number of likely N-dealkylation sites (N-methyl/N-ethyl adjacent to an activating group) is 1. The molecule has 0 amide bonds. The average molecular weight is 280 g/mol. The molecule has 110 valence electrons. The lowest BCUT2D eigenvalue weighted by molar-refractivity contribution is 0.271. The first kappa shape index (κ1) is 14.3. The molecular weight excluding hydrogens is 256 g/mol. The van der Waals surface area contributed by atoms with Crippen molar-refractivity contribution in [3.63, 3.8) is 0 Å². The number of pyridine rings is 1. The summed E-state index contributed by atoms with van der Waals surface area (Å²) in [7, 11) is 2.22. The minimum absolute atomic E-state index is 0.302. The Morgan fingerprint density at radius 3 is 2.24 bits per heavy atom. The molecule has 3 rings (SSSR count). The second-order valence-corrected chi connectivity index (χ2v) is 7.04. The highest BCUT2D eigenvalue weighted by Gasteiger charge is 2.61. The lowest BCUT2D eigenvalue weighted by Crippen LogP contribution is -2.32. The second kappa shape index (κ2) is 5.27. The molecule has 21 heavy (non-hydrogen) atoms. The van der Waals surface area contributed by atoms with Gasteiger partial charge >= 0.3 is 0 Å². The highest BCUT2D eigenvalue weighted by molar-refractivity contribution is 5.37. The molecule has 0 unspecified atom stereocenters. The molecule has 1 aromatic heterocycles. The van der Waals surface area contributed by atoms with Crippen LogP contribution in [0.2, 0.25) is 0 Å². The topological polar surface area (TPSA) is 16.1 Å². The third-order valence-electron chi connectivity index (χ3n) is 4.98. The molecule has 1 aromatic carbocycles. The van der Waals surface area contributed by atoms with Crippen molar-refractivity contribution in [2.24, 2.45) is 5.41 Å². The molecule has 1 aliphatic carbocycles. The van der Waals surface area contributed by atoms with E-state index in [4.69, 9.17) is 0 Å². The van der Waals surface area contributed by atoms with Crippen LogP contribution in [0.5, 0.6) is 0 Å². The van der Waals surface area contributed by atoms with E-state index in [2.05, 4.69) is 73.2 Å². The van der Waals surface area contributed by atoms with Gasteiger partial charge in [-0.25, -0.2) is 0 Å². The molecule has 0 radical (unpaired) electrons. The predicted octanol–water partition coefficient (Wildman–Crippen LogP) is 3.88. The third-order valence-corrected chi connectivity index (χ3v) is 4.98. The van der Waals surface area contributed by atoms with Gasteiger partial charge in [-0.2, -0.15) is 0 Å². The van der Waals surface area contributed by atoms with Crippen LogP contribution in [0.3, 0.4) is 0 Å². The normalized spacial score (nSPS) is 23.2. The maximum absolute atomic E-state index is 4.09. The number of hydrogen-bond donors (Lipinski definition) is 0. The minimum Gasteiger partial charge on any atom is -0.301 e. The summed E-state index contributed by atoms with van der Waals surface area (Å²) in [4.78, 5) is 6.53. The summed E-state index contributed by atoms with van der Waals surface area (Å²) in [6, 6.07) is 15.2. The van der Waals surface area contributed by atoms with Crippen LogP contribution in [0.4, 0.5) is 0 Å². The van der Waals surface area contributed by atoms with E-state index in [0.29, 0.717) is 10.8 Å². The van der Waals surface area contributed by atoms with E-state index in [1.54, 1.807) is 0 Å². The fraction of sp³-hybridized carbons (Fsp3) is 0.421. The Balaban J connectivity index is 1.75. The predicted molar refractivity (Wildman–Crippen MR) is 87.1 cm³/mol. The standard InChI is InChI=1S/C19H24N2/c1-18(2)14-19(18,17-7-5-4-6-8-17)15-21(3)13-16-9-11-20-12-10-16/h4-12H,13-15H2,1-3H3/t19-/m1/s1. The van der Waals surface area contributed by atoms with E-state index in [9.17, 15) is 0 Å². The molecule has 0 bridgehead atoms. The fourth-order valence-electron chi connectivity index (χ4n) is 3.64. The zero-order valence-electron chi connectivity index (χ0n) is 13.2. The number of benzene rings is 1. The number of nitrogens with zero attached hydrogens (tertiary/aromatic N) is 2. The summed E-state index contributed by atoms with van der Waals surface area (Å²) in [5.74, 6) is 0. The lowest BCUT2D eigenvalue weighted by atomic mass is 9.87. The summed E-state index contributed by atoms with van der Waals surface area (Å²) in [5.41, 5.74) is 3.50. The highest BCUT2D eigenvalue weighted by Crippen LogP contribution is 2.64. The van der Waals surface area contributed by atoms with Crippen LogP contribution in [0, 0.1) is 5.41 Å². The van der Waals surface area contributed by atoms with Gasteiger partial charge in [-0.15, -0.1) is 0 Å². The third kappa shape index (κ3) is 2.73. The summed E-state index contributed by atoms with van der Waals surface area (Å²) in [6.07, 6.45) is 5.01. The van der Waals surface area contributed by atoms with Gasteiger partial charge in [0.1, 0.15) is 0 Å². The van der Waals surface area contributed by atoms with Crippen molar-refractivity contribution in [3.05, 3.63) is 66.0 Å². The summed E-state index contributed by atoms with van der Waals surface area (Å²) >= 11 is 0. The van der Waals surface area contributed by atoms with Gasteiger partial charge in [0.25, 0.3) is 0 Å². The number of hydrogen-bond acceptors (Lipinski definition) is 2. The van der Waals surface area contributed by atoms with Crippen LogP contribution in [-0.2, 0) is 12.0 Å². The van der Waals surface area contributed by atoms with Gasteiger partial charge in [-0.05, 0) is 42.1 Å². The molecule has 0 saturated heterocycles. The quantitative estimate of drug-likeness (QED) is 0.826. The second-order valence-electron chi connectivity index (χ2n) is 7.04. The van der Waals surface area contributed by atoms with Gasteiger partial charge in [-0.1, -0.05) is 44.2 Å². The largest absolute Gasteiger partial charge is 0.301 e. The van der Waals surface area contributed by atoms with E-state index in [0.717, 1.165) is 13.1 Å². The van der Waals surface area contributed by atoms with Crippen molar-refractivity contribution in [3.8, 4) is 0 Å². The highest BCUT2D eigenvalue weighted by atomic mass is 15.1. The Labute approximate surface area is 127 Å². The maximum atomic E-state index is 4.09. The first-order valence-electron chi connectivity index (χ1n) is 7.66. The first-order chi connectivity index (χ1) is 10.0. The maximum Gasteiger partial charge on any atom is 0.0271 e. The van der Waals surface area contributed by atoms with Crippen molar-refractivity contribution < 1.29 is 0 Å². The van der Waals surface area contributed by atoms with Crippen LogP contribution >= 0.6 is 0 Å². The van der Waals surface area contributed by atoms with Gasteiger partial charge < -0.3 is 4.90 Å². The summed E-state index contributed by atoms with van der Waals surface area (Å²) in [6.45, 7) is 6.86. The smallest absolute Gasteiger partial charge is 0.0271 e. The minimum atomic E-state index is 0.302. The molecule has 1 atom stereocenters. The molecular formula is C19H24N2. The van der Waals surface area contributed by atoms with E-state index < -0.39 is 0 Å². The number of aromatic nitrogens is 1. The average Bonchev–Trinajstić information content (AvgIpc) is 3.03. The van der Waals surface area contributed by atoms with E-state index in [1.807, 2.05) is 12.4 Å². The summed E-state index contributed by atoms with van der Waals surface area (Å²) in [5, 5.41) is 0. The summed E-state index contributed by atoms with van der Waals surface area (Å²) < 4.78 is 0. The Kier molecular flexibility index (Phi) is 3.58. The van der Waals surface area contributed by atoms with Crippen molar-refractivity contribution in [2.45, 2.75) is 32.2 Å². The first-order valence-corrected chi connectivity index (χ1v) is 7.66. The molecule has 1 fully saturated rings. The molecule has 1 aliphatic rings. The van der Waals surface area contributed by atoms with Crippen LogP contribution in [0.15, 0.2) is 54.9 Å². The van der Waals surface area contributed by atoms with Crippen molar-refractivity contribution in [1.82, 2.24) is 9.88 Å². The molecule has 0 spiro atoms.